The number of halogens is 3. The number of imide groups is 2. The number of benzene rings is 3. The van der Waals surface area contributed by atoms with Gasteiger partial charge in [0, 0.05) is 20.1 Å². The average molecular weight is 604 g/mol. The van der Waals surface area contributed by atoms with E-state index in [-0.39, 0.29) is 12.2 Å². The summed E-state index contributed by atoms with van der Waals surface area (Å²) in [5.74, 6) is -0.751. The van der Waals surface area contributed by atoms with Crippen LogP contribution in [0.15, 0.2) is 58.6 Å². The van der Waals surface area contributed by atoms with Crippen LogP contribution in [0.1, 0.15) is 22.3 Å². The molecule has 1 heterocycles. The number of methoxy groups -OCH3 is 1. The number of nitrogens with one attached hydrogen (secondary N) is 1. The van der Waals surface area contributed by atoms with Gasteiger partial charge in [0.15, 0.2) is 11.5 Å². The lowest BCUT2D eigenvalue weighted by Crippen LogP contribution is -2.54. The number of anilines is 1. The summed E-state index contributed by atoms with van der Waals surface area (Å²) >= 11 is 15.7. The Morgan fingerprint density at radius 3 is 2.41 bits per heavy atom. The number of urea groups is 1. The maximum absolute atomic E-state index is 13.3. The van der Waals surface area contributed by atoms with Crippen molar-refractivity contribution in [2.24, 2.45) is 0 Å². The van der Waals surface area contributed by atoms with Crippen molar-refractivity contribution in [1.82, 2.24) is 5.32 Å². The Morgan fingerprint density at radius 1 is 0.973 bits per heavy atom. The summed E-state index contributed by atoms with van der Waals surface area (Å²) in [6.07, 6.45) is 1.39. The first-order valence-electron chi connectivity index (χ1n) is 11.0. The Kier molecular flexibility index (Phi) is 7.92. The number of nitrogens with zero attached hydrogens (tertiary/aromatic N) is 1. The number of barbiturate groups is 1. The molecule has 0 aliphatic carbocycles. The zero-order chi connectivity index (χ0) is 26.9. The van der Waals surface area contributed by atoms with Gasteiger partial charge in [-0.25, -0.2) is 9.69 Å². The van der Waals surface area contributed by atoms with E-state index in [9.17, 15) is 14.4 Å². The van der Waals surface area contributed by atoms with Gasteiger partial charge in [0.05, 0.1) is 12.8 Å². The summed E-state index contributed by atoms with van der Waals surface area (Å²) < 4.78 is 11.9. The van der Waals surface area contributed by atoms with Crippen LogP contribution < -0.4 is 19.7 Å². The number of amides is 4. The molecule has 1 aliphatic heterocycles. The van der Waals surface area contributed by atoms with E-state index in [2.05, 4.69) is 21.2 Å². The van der Waals surface area contributed by atoms with E-state index in [0.717, 1.165) is 21.6 Å². The number of hydrogen-bond acceptors (Lipinski definition) is 5. The summed E-state index contributed by atoms with van der Waals surface area (Å²) in [6, 6.07) is 12.8. The SMILES string of the molecule is COc1cc(/C=C2\C(=O)NC(=O)N(c3ccc(C)c(C)c3)C2=O)c(Br)cc1OCc1ccc(Cl)cc1Cl. The van der Waals surface area contributed by atoms with Crippen LogP contribution in [0.4, 0.5) is 10.5 Å². The molecule has 0 atom stereocenters. The summed E-state index contributed by atoms with van der Waals surface area (Å²) in [5.41, 5.74) is 3.28. The number of rotatable bonds is 6. The standard InChI is InChI=1S/C27H21BrCl2N2O5/c1-14-4-7-19(8-15(14)2)32-26(34)20(25(33)31-27(32)35)9-17-10-23(36-3)24(12-21(17)28)37-13-16-5-6-18(29)11-22(16)30/h4-12H,13H2,1-3H3,(H,31,33,35)/b20-9+. The minimum Gasteiger partial charge on any atom is -0.493 e. The highest BCUT2D eigenvalue weighted by Crippen LogP contribution is 2.36. The van der Waals surface area contributed by atoms with Crippen LogP contribution >= 0.6 is 39.1 Å². The topological polar surface area (TPSA) is 84.9 Å². The summed E-state index contributed by atoms with van der Waals surface area (Å²) in [4.78, 5) is 39.4. The molecule has 3 aromatic rings. The van der Waals surface area contributed by atoms with Crippen LogP contribution in [0.2, 0.25) is 10.0 Å². The number of aryl methyl sites for hydroxylation is 2. The first-order chi connectivity index (χ1) is 17.6. The fourth-order valence-electron chi connectivity index (χ4n) is 3.64. The molecule has 1 N–H and O–H groups in total. The molecular weight excluding hydrogens is 583 g/mol. The van der Waals surface area contributed by atoms with Gasteiger partial charge in [-0.05, 0) is 73.0 Å². The highest BCUT2D eigenvalue weighted by Gasteiger charge is 2.37. The molecule has 1 fully saturated rings. The van der Waals surface area contributed by atoms with Crippen LogP contribution in [-0.4, -0.2) is 25.0 Å². The zero-order valence-electron chi connectivity index (χ0n) is 20.0. The Hall–Kier alpha value is -3.33. The van der Waals surface area contributed by atoms with E-state index in [1.54, 1.807) is 42.5 Å². The molecule has 0 aromatic heterocycles. The molecule has 10 heteroatoms. The minimum atomic E-state index is -0.809. The van der Waals surface area contributed by atoms with Crippen molar-refractivity contribution >= 4 is 68.7 Å². The second-order valence-corrected chi connectivity index (χ2v) is 9.97. The maximum atomic E-state index is 13.3. The number of carbonyl (C=O) groups excluding carboxylic acids is 3. The Morgan fingerprint density at radius 2 is 1.73 bits per heavy atom. The quantitative estimate of drug-likeness (QED) is 0.253. The summed E-state index contributed by atoms with van der Waals surface area (Å²) in [5, 5.41) is 3.22. The Bertz CT molecular complexity index is 1470. The van der Waals surface area contributed by atoms with Crippen molar-refractivity contribution in [2.75, 3.05) is 12.0 Å². The van der Waals surface area contributed by atoms with Gasteiger partial charge < -0.3 is 9.47 Å². The van der Waals surface area contributed by atoms with E-state index in [4.69, 9.17) is 32.7 Å². The molecule has 3 aromatic carbocycles. The molecular formula is C27H21BrCl2N2O5. The molecule has 7 nitrogen and oxygen atoms in total. The highest BCUT2D eigenvalue weighted by atomic mass is 79.9. The predicted molar refractivity (Wildman–Crippen MR) is 146 cm³/mol. The first-order valence-corrected chi connectivity index (χ1v) is 12.6. The van der Waals surface area contributed by atoms with Gasteiger partial charge in [0.25, 0.3) is 11.8 Å². The van der Waals surface area contributed by atoms with Gasteiger partial charge in [0.2, 0.25) is 0 Å². The molecule has 0 radical (unpaired) electrons. The van der Waals surface area contributed by atoms with Crippen LogP contribution in [-0.2, 0) is 16.2 Å². The second kappa shape index (κ2) is 11.0. The lowest BCUT2D eigenvalue weighted by atomic mass is 10.0. The Labute approximate surface area is 232 Å². The van der Waals surface area contributed by atoms with E-state index in [0.29, 0.717) is 37.3 Å². The van der Waals surface area contributed by atoms with Crippen LogP contribution in [0.25, 0.3) is 6.08 Å². The lowest BCUT2D eigenvalue weighted by molar-refractivity contribution is -0.122. The van der Waals surface area contributed by atoms with Crippen molar-refractivity contribution < 1.29 is 23.9 Å². The van der Waals surface area contributed by atoms with Crippen molar-refractivity contribution in [3.05, 3.63) is 90.9 Å². The van der Waals surface area contributed by atoms with Crippen molar-refractivity contribution in [1.29, 1.82) is 0 Å². The molecule has 37 heavy (non-hydrogen) atoms. The number of carbonyl (C=O) groups is 3. The fourth-order valence-corrected chi connectivity index (χ4v) is 4.54. The van der Waals surface area contributed by atoms with Gasteiger partial charge in [-0.3, -0.25) is 14.9 Å². The average Bonchev–Trinajstić information content (AvgIpc) is 2.84. The van der Waals surface area contributed by atoms with E-state index in [1.807, 2.05) is 19.9 Å². The third-order valence-electron chi connectivity index (χ3n) is 5.83. The van der Waals surface area contributed by atoms with E-state index in [1.165, 1.54) is 13.2 Å². The van der Waals surface area contributed by atoms with E-state index < -0.39 is 17.8 Å². The van der Waals surface area contributed by atoms with Gasteiger partial charge in [-0.2, -0.15) is 0 Å². The number of hydrogen-bond donors (Lipinski definition) is 1. The fraction of sp³-hybridized carbons (Fsp3) is 0.148. The van der Waals surface area contributed by atoms with Crippen LogP contribution in [0, 0.1) is 13.8 Å². The Balaban J connectivity index is 1.65. The van der Waals surface area contributed by atoms with Crippen molar-refractivity contribution in [2.45, 2.75) is 20.5 Å². The summed E-state index contributed by atoms with van der Waals surface area (Å²) in [7, 11) is 1.47. The highest BCUT2D eigenvalue weighted by molar-refractivity contribution is 9.10. The molecule has 0 bridgehead atoms. The molecule has 1 aliphatic rings. The monoisotopic (exact) mass is 602 g/mol. The summed E-state index contributed by atoms with van der Waals surface area (Å²) in [6.45, 7) is 3.96. The van der Waals surface area contributed by atoms with Crippen LogP contribution in [0.5, 0.6) is 11.5 Å². The van der Waals surface area contributed by atoms with Gasteiger partial charge >= 0.3 is 6.03 Å². The molecule has 190 valence electrons. The van der Waals surface area contributed by atoms with E-state index >= 15 is 0 Å². The molecule has 0 saturated carbocycles. The van der Waals surface area contributed by atoms with Gasteiger partial charge in [-0.1, -0.05) is 51.3 Å². The molecule has 1 saturated heterocycles. The number of ether oxygens (including phenoxy) is 2. The van der Waals surface area contributed by atoms with Crippen molar-refractivity contribution in [3.8, 4) is 11.5 Å². The van der Waals surface area contributed by atoms with Crippen LogP contribution in [0.3, 0.4) is 0 Å². The largest absolute Gasteiger partial charge is 0.493 e. The smallest absolute Gasteiger partial charge is 0.335 e. The third-order valence-corrected chi connectivity index (χ3v) is 7.11. The van der Waals surface area contributed by atoms with Gasteiger partial charge in [-0.15, -0.1) is 0 Å². The molecule has 4 rings (SSSR count). The second-order valence-electron chi connectivity index (χ2n) is 8.28. The predicted octanol–water partition coefficient (Wildman–Crippen LogP) is 6.63. The molecule has 4 amide bonds. The normalized spacial score (nSPS) is 14.7. The molecule has 0 unspecified atom stereocenters. The third kappa shape index (κ3) is 5.66. The molecule has 0 spiro atoms. The first kappa shape index (κ1) is 26.7. The van der Waals surface area contributed by atoms with Gasteiger partial charge in [0.1, 0.15) is 12.2 Å². The maximum Gasteiger partial charge on any atom is 0.335 e. The zero-order valence-corrected chi connectivity index (χ0v) is 23.1. The van der Waals surface area contributed by atoms with Crippen molar-refractivity contribution in [3.63, 3.8) is 0 Å². The lowest BCUT2D eigenvalue weighted by Gasteiger charge is -2.27. The minimum absolute atomic E-state index is 0.160.